The fourth-order valence-corrected chi connectivity index (χ4v) is 1.67. The van der Waals surface area contributed by atoms with Gasteiger partial charge < -0.3 is 10.5 Å². The highest BCUT2D eigenvalue weighted by Crippen LogP contribution is 2.22. The molecule has 0 amide bonds. The quantitative estimate of drug-likeness (QED) is 0.671. The molecule has 1 aromatic carbocycles. The van der Waals surface area contributed by atoms with E-state index in [-0.39, 0.29) is 0 Å². The second-order valence-electron chi connectivity index (χ2n) is 4.06. The van der Waals surface area contributed by atoms with Crippen LogP contribution in [0.15, 0.2) is 36.5 Å². The van der Waals surface area contributed by atoms with Crippen molar-refractivity contribution < 1.29 is 9.53 Å². The van der Waals surface area contributed by atoms with Gasteiger partial charge in [0.2, 0.25) is 0 Å². The lowest BCUT2D eigenvalue weighted by Gasteiger charge is -2.06. The lowest BCUT2D eigenvalue weighted by Crippen LogP contribution is -2.02. The molecule has 0 radical (unpaired) electrons. The number of hydrogen-bond donors (Lipinski definition) is 1. The van der Waals surface area contributed by atoms with Crippen LogP contribution >= 0.6 is 0 Å². The Morgan fingerprint density at radius 2 is 1.90 bits per heavy atom. The van der Waals surface area contributed by atoms with E-state index in [0.717, 1.165) is 16.8 Å². The number of aryl methyl sites for hydroxylation is 1. The number of carbonyl (C=O) groups is 1. The summed E-state index contributed by atoms with van der Waals surface area (Å²) in [6, 6.07) is 8.95. The fraction of sp³-hybridized carbons (Fsp3) is 0.250. The Balaban J connectivity index is 0.000000956. The van der Waals surface area contributed by atoms with Gasteiger partial charge in [-0.15, -0.1) is 0 Å². The zero-order valence-electron chi connectivity index (χ0n) is 12.3. The lowest BCUT2D eigenvalue weighted by atomic mass is 10.1. The second kappa shape index (κ2) is 7.28. The molecule has 0 unspecified atom stereocenters. The van der Waals surface area contributed by atoms with Crippen LogP contribution in [0.5, 0.6) is 0 Å². The van der Waals surface area contributed by atoms with E-state index < -0.39 is 5.97 Å². The van der Waals surface area contributed by atoms with Crippen molar-refractivity contribution in [3.8, 4) is 11.3 Å². The Morgan fingerprint density at radius 1 is 1.20 bits per heavy atom. The van der Waals surface area contributed by atoms with Crippen molar-refractivity contribution in [3.05, 3.63) is 47.7 Å². The molecule has 0 atom stereocenters. The third kappa shape index (κ3) is 3.82. The predicted octanol–water partition coefficient (Wildman–Crippen LogP) is 3.45. The Morgan fingerprint density at radius 3 is 2.45 bits per heavy atom. The predicted molar refractivity (Wildman–Crippen MR) is 81.5 cm³/mol. The summed E-state index contributed by atoms with van der Waals surface area (Å²) in [5, 5.41) is 0. The number of methoxy groups -OCH3 is 1. The number of benzene rings is 1. The number of anilines is 1. The molecule has 0 saturated heterocycles. The van der Waals surface area contributed by atoms with Gasteiger partial charge in [0, 0.05) is 17.4 Å². The Bertz CT molecular complexity index is 578. The third-order valence-electron chi connectivity index (χ3n) is 2.58. The summed E-state index contributed by atoms with van der Waals surface area (Å²) in [5.41, 5.74) is 9.38. The van der Waals surface area contributed by atoms with Gasteiger partial charge in [-0.25, -0.2) is 4.79 Å². The maximum Gasteiger partial charge on any atom is 0.337 e. The fourth-order valence-electron chi connectivity index (χ4n) is 1.67. The number of carbonyl (C=O) groups excluding carboxylic acids is 1. The highest BCUT2D eigenvalue weighted by atomic mass is 16.5. The topological polar surface area (TPSA) is 65.2 Å². The molecule has 0 fully saturated rings. The van der Waals surface area contributed by atoms with Crippen molar-refractivity contribution in [1.82, 2.24) is 4.98 Å². The second-order valence-corrected chi connectivity index (χ2v) is 4.06. The van der Waals surface area contributed by atoms with Gasteiger partial charge in [-0.05, 0) is 36.8 Å². The number of hydrogen-bond acceptors (Lipinski definition) is 4. The summed E-state index contributed by atoms with van der Waals surface area (Å²) in [7, 11) is 1.34. The molecule has 1 aromatic heterocycles. The summed E-state index contributed by atoms with van der Waals surface area (Å²) in [6.07, 6.45) is 1.77. The molecule has 20 heavy (non-hydrogen) atoms. The van der Waals surface area contributed by atoms with Gasteiger partial charge in [0.15, 0.2) is 0 Å². The first-order valence-corrected chi connectivity index (χ1v) is 6.52. The van der Waals surface area contributed by atoms with Crippen LogP contribution in [0.2, 0.25) is 0 Å². The molecule has 2 N–H and O–H groups in total. The van der Waals surface area contributed by atoms with E-state index in [0.29, 0.717) is 11.3 Å². The van der Waals surface area contributed by atoms with Gasteiger partial charge in [-0.2, -0.15) is 0 Å². The monoisotopic (exact) mass is 272 g/mol. The zero-order valence-corrected chi connectivity index (χ0v) is 12.3. The Kier molecular flexibility index (Phi) is 5.72. The number of pyridine rings is 1. The molecule has 2 rings (SSSR count). The minimum Gasteiger partial charge on any atom is -0.465 e. The van der Waals surface area contributed by atoms with E-state index >= 15 is 0 Å². The molecular weight excluding hydrogens is 252 g/mol. The normalized spacial score (nSPS) is 9.40. The molecule has 4 heteroatoms. The third-order valence-corrected chi connectivity index (χ3v) is 2.58. The van der Waals surface area contributed by atoms with Crippen molar-refractivity contribution in [2.24, 2.45) is 0 Å². The lowest BCUT2D eigenvalue weighted by molar-refractivity contribution is 0.0601. The Labute approximate surface area is 119 Å². The molecule has 0 bridgehead atoms. The van der Waals surface area contributed by atoms with Crippen molar-refractivity contribution >= 4 is 11.7 Å². The number of aromatic nitrogens is 1. The number of nitrogens with two attached hydrogens (primary N) is 1. The molecule has 0 aliphatic rings. The van der Waals surface area contributed by atoms with E-state index in [4.69, 9.17) is 5.73 Å². The molecule has 0 aliphatic heterocycles. The molecular formula is C16H20N2O2. The van der Waals surface area contributed by atoms with Gasteiger partial charge in [0.25, 0.3) is 0 Å². The number of rotatable bonds is 2. The van der Waals surface area contributed by atoms with E-state index in [2.05, 4.69) is 9.72 Å². The van der Waals surface area contributed by atoms with Crippen LogP contribution in [-0.4, -0.2) is 18.1 Å². The van der Waals surface area contributed by atoms with Crippen LogP contribution in [0.25, 0.3) is 11.3 Å². The maximum atomic E-state index is 11.5. The van der Waals surface area contributed by atoms with Crippen molar-refractivity contribution in [2.75, 3.05) is 12.8 Å². The molecule has 0 aliphatic carbocycles. The molecule has 0 saturated carbocycles. The summed E-state index contributed by atoms with van der Waals surface area (Å²) in [5.74, 6) is -0.407. The minimum atomic E-state index is -0.407. The van der Waals surface area contributed by atoms with E-state index in [1.807, 2.05) is 32.9 Å². The SMILES string of the molecule is CC.COC(=O)c1cc(N)cc(-c2ccc(C)cn2)c1. The first-order chi connectivity index (χ1) is 9.60. The van der Waals surface area contributed by atoms with Crippen LogP contribution in [0.3, 0.4) is 0 Å². The Hall–Kier alpha value is -2.36. The highest BCUT2D eigenvalue weighted by molar-refractivity contribution is 5.92. The van der Waals surface area contributed by atoms with Crippen molar-refractivity contribution in [1.29, 1.82) is 0 Å². The minimum absolute atomic E-state index is 0.407. The van der Waals surface area contributed by atoms with E-state index in [9.17, 15) is 4.79 Å². The standard InChI is InChI=1S/C14H14N2O2.C2H6/c1-9-3-4-13(16-8-9)10-5-11(14(17)18-2)7-12(15)6-10;1-2/h3-8H,15H2,1-2H3;1-2H3. The van der Waals surface area contributed by atoms with Crippen LogP contribution < -0.4 is 5.73 Å². The molecule has 4 nitrogen and oxygen atoms in total. The molecule has 0 spiro atoms. The largest absolute Gasteiger partial charge is 0.465 e. The summed E-state index contributed by atoms with van der Waals surface area (Å²) in [6.45, 7) is 5.97. The molecule has 2 aromatic rings. The summed E-state index contributed by atoms with van der Waals surface area (Å²) < 4.78 is 4.69. The van der Waals surface area contributed by atoms with Gasteiger partial charge in [-0.3, -0.25) is 4.98 Å². The van der Waals surface area contributed by atoms with E-state index in [1.165, 1.54) is 7.11 Å². The van der Waals surface area contributed by atoms with Gasteiger partial charge >= 0.3 is 5.97 Å². The van der Waals surface area contributed by atoms with Gasteiger partial charge in [0.1, 0.15) is 0 Å². The van der Waals surface area contributed by atoms with Crippen LogP contribution in [0.1, 0.15) is 29.8 Å². The first kappa shape index (κ1) is 15.7. The average molecular weight is 272 g/mol. The summed E-state index contributed by atoms with van der Waals surface area (Å²) in [4.78, 5) is 15.8. The number of nitrogen functional groups attached to an aromatic ring is 1. The van der Waals surface area contributed by atoms with Gasteiger partial charge in [0.05, 0.1) is 18.4 Å². The number of esters is 1. The maximum absolute atomic E-state index is 11.5. The zero-order chi connectivity index (χ0) is 15.1. The van der Waals surface area contributed by atoms with Crippen LogP contribution in [0, 0.1) is 6.92 Å². The van der Waals surface area contributed by atoms with Gasteiger partial charge in [-0.1, -0.05) is 19.9 Å². The van der Waals surface area contributed by atoms with Crippen LogP contribution in [-0.2, 0) is 4.74 Å². The molecule has 106 valence electrons. The average Bonchev–Trinajstić information content (AvgIpc) is 2.48. The van der Waals surface area contributed by atoms with Crippen LogP contribution in [0.4, 0.5) is 5.69 Å². The molecule has 1 heterocycles. The first-order valence-electron chi connectivity index (χ1n) is 6.52. The number of ether oxygens (including phenoxy) is 1. The van der Waals surface area contributed by atoms with Crippen molar-refractivity contribution in [2.45, 2.75) is 20.8 Å². The number of nitrogens with zero attached hydrogens (tertiary/aromatic N) is 1. The highest BCUT2D eigenvalue weighted by Gasteiger charge is 2.09. The van der Waals surface area contributed by atoms with Crippen molar-refractivity contribution in [3.63, 3.8) is 0 Å². The summed E-state index contributed by atoms with van der Waals surface area (Å²) >= 11 is 0. The smallest absolute Gasteiger partial charge is 0.337 e. The van der Waals surface area contributed by atoms with E-state index in [1.54, 1.807) is 24.4 Å².